The van der Waals surface area contributed by atoms with Crippen LogP contribution in [0.5, 0.6) is 0 Å². The predicted octanol–water partition coefficient (Wildman–Crippen LogP) is 1.62. The minimum absolute atomic E-state index is 0.195. The van der Waals surface area contributed by atoms with Gasteiger partial charge >= 0.3 is 6.18 Å². The second-order valence-electron chi connectivity index (χ2n) is 3.76. The predicted molar refractivity (Wildman–Crippen MR) is 54.1 cm³/mol. The summed E-state index contributed by atoms with van der Waals surface area (Å²) in [6.45, 7) is -0.425. The third-order valence-electron chi connectivity index (χ3n) is 2.43. The van der Waals surface area contributed by atoms with E-state index in [2.05, 4.69) is 0 Å². The monoisotopic (exact) mass is 268 g/mol. The molecule has 3 N–H and O–H groups in total. The van der Waals surface area contributed by atoms with Crippen LogP contribution in [0.4, 0.5) is 17.6 Å². The molecule has 0 radical (unpaired) electrons. The summed E-state index contributed by atoms with van der Waals surface area (Å²) in [5, 5.41) is 27.4. The average molecular weight is 268 g/mol. The molecule has 0 aromatic heterocycles. The molecule has 7 heteroatoms. The molecule has 0 spiro atoms. The zero-order valence-corrected chi connectivity index (χ0v) is 9.15. The normalized spacial score (nSPS) is 15.5. The Bertz CT molecular complexity index is 406. The molecule has 0 bridgehead atoms. The number of hydrogen-bond acceptors (Lipinski definition) is 3. The molecule has 0 saturated heterocycles. The van der Waals surface area contributed by atoms with Crippen molar-refractivity contribution in [1.29, 1.82) is 0 Å². The van der Waals surface area contributed by atoms with Gasteiger partial charge in [0.05, 0.1) is 11.7 Å². The molecule has 1 rings (SSSR count). The first-order valence-corrected chi connectivity index (χ1v) is 5.11. The summed E-state index contributed by atoms with van der Waals surface area (Å²) in [5.74, 6) is -1.45. The fraction of sp³-hybridized carbons (Fsp3) is 0.455. The Hall–Kier alpha value is -1.18. The highest BCUT2D eigenvalue weighted by atomic mass is 19.4. The van der Waals surface area contributed by atoms with Gasteiger partial charge in [0.15, 0.2) is 0 Å². The van der Waals surface area contributed by atoms with Crippen molar-refractivity contribution in [2.24, 2.45) is 0 Å². The van der Waals surface area contributed by atoms with Gasteiger partial charge in [-0.25, -0.2) is 4.39 Å². The standard InChI is InChI=1S/C11H12F4O3/c12-8-2-1-6(5-7(8)11(13,14)15)10(18)9(17)3-4-16/h1-2,5,9-10,16-18H,3-4H2. The number of aliphatic hydroxyl groups excluding tert-OH is 3. The number of halogens is 4. The summed E-state index contributed by atoms with van der Waals surface area (Å²) in [5.41, 5.74) is -1.76. The van der Waals surface area contributed by atoms with Gasteiger partial charge in [-0.3, -0.25) is 0 Å². The third-order valence-corrected chi connectivity index (χ3v) is 2.43. The maximum atomic E-state index is 13.0. The van der Waals surface area contributed by atoms with Crippen molar-refractivity contribution in [2.45, 2.75) is 24.8 Å². The summed E-state index contributed by atoms with van der Waals surface area (Å²) in [6.07, 6.45) is -8.10. The molecular formula is C11H12F4O3. The summed E-state index contributed by atoms with van der Waals surface area (Å²) >= 11 is 0. The van der Waals surface area contributed by atoms with Crippen molar-refractivity contribution >= 4 is 0 Å². The van der Waals surface area contributed by atoms with Crippen LogP contribution < -0.4 is 0 Å². The summed E-state index contributed by atoms with van der Waals surface area (Å²) < 4.78 is 50.2. The van der Waals surface area contributed by atoms with Crippen LogP contribution in [0.3, 0.4) is 0 Å². The van der Waals surface area contributed by atoms with Gasteiger partial charge in [-0.15, -0.1) is 0 Å². The highest BCUT2D eigenvalue weighted by molar-refractivity contribution is 5.29. The highest BCUT2D eigenvalue weighted by Gasteiger charge is 2.35. The van der Waals surface area contributed by atoms with E-state index in [1.807, 2.05) is 0 Å². The van der Waals surface area contributed by atoms with Gasteiger partial charge < -0.3 is 15.3 Å². The van der Waals surface area contributed by atoms with Crippen molar-refractivity contribution in [3.8, 4) is 0 Å². The Kier molecular flexibility index (Phi) is 4.66. The smallest absolute Gasteiger partial charge is 0.396 e. The highest BCUT2D eigenvalue weighted by Crippen LogP contribution is 2.33. The average Bonchev–Trinajstić information content (AvgIpc) is 2.27. The number of hydrogen-bond donors (Lipinski definition) is 3. The molecule has 0 aliphatic heterocycles. The van der Waals surface area contributed by atoms with Crippen molar-refractivity contribution in [1.82, 2.24) is 0 Å². The van der Waals surface area contributed by atoms with E-state index in [0.29, 0.717) is 12.1 Å². The maximum Gasteiger partial charge on any atom is 0.419 e. The first kappa shape index (κ1) is 14.9. The van der Waals surface area contributed by atoms with Gasteiger partial charge in [0.25, 0.3) is 0 Å². The van der Waals surface area contributed by atoms with E-state index in [0.717, 1.165) is 6.07 Å². The van der Waals surface area contributed by atoms with Crippen molar-refractivity contribution in [3.05, 3.63) is 35.1 Å². The molecule has 0 aliphatic rings. The van der Waals surface area contributed by atoms with E-state index >= 15 is 0 Å². The maximum absolute atomic E-state index is 13.0. The fourth-order valence-corrected chi connectivity index (χ4v) is 1.46. The van der Waals surface area contributed by atoms with E-state index in [-0.39, 0.29) is 12.0 Å². The van der Waals surface area contributed by atoms with Gasteiger partial charge in [0.1, 0.15) is 11.9 Å². The lowest BCUT2D eigenvalue weighted by Gasteiger charge is -2.18. The largest absolute Gasteiger partial charge is 0.419 e. The molecule has 0 heterocycles. The molecule has 18 heavy (non-hydrogen) atoms. The molecule has 3 nitrogen and oxygen atoms in total. The molecule has 0 fully saturated rings. The Labute approximate surface area is 100 Å². The summed E-state index contributed by atoms with van der Waals surface area (Å²) in [7, 11) is 0. The van der Waals surface area contributed by atoms with Gasteiger partial charge in [0.2, 0.25) is 0 Å². The summed E-state index contributed by atoms with van der Waals surface area (Å²) in [4.78, 5) is 0. The van der Waals surface area contributed by atoms with Crippen molar-refractivity contribution in [2.75, 3.05) is 6.61 Å². The second kappa shape index (κ2) is 5.64. The van der Waals surface area contributed by atoms with Crippen LogP contribution in [0.2, 0.25) is 0 Å². The van der Waals surface area contributed by atoms with E-state index in [4.69, 9.17) is 5.11 Å². The minimum Gasteiger partial charge on any atom is -0.396 e. The Morgan fingerprint density at radius 2 is 1.78 bits per heavy atom. The quantitative estimate of drug-likeness (QED) is 0.727. The van der Waals surface area contributed by atoms with Gasteiger partial charge in [-0.1, -0.05) is 6.07 Å². The lowest BCUT2D eigenvalue weighted by molar-refractivity contribution is -0.140. The van der Waals surface area contributed by atoms with E-state index in [1.165, 1.54) is 0 Å². The first-order chi connectivity index (χ1) is 8.27. The molecule has 1 aromatic rings. The molecule has 0 amide bonds. The topological polar surface area (TPSA) is 60.7 Å². The molecule has 2 unspecified atom stereocenters. The van der Waals surface area contributed by atoms with Crippen LogP contribution in [0.1, 0.15) is 23.7 Å². The fourth-order valence-electron chi connectivity index (χ4n) is 1.46. The van der Waals surface area contributed by atoms with E-state index < -0.39 is 36.4 Å². The number of aliphatic hydroxyl groups is 3. The zero-order chi connectivity index (χ0) is 13.9. The summed E-state index contributed by atoms with van der Waals surface area (Å²) in [6, 6.07) is 1.98. The van der Waals surface area contributed by atoms with Crippen molar-refractivity contribution in [3.63, 3.8) is 0 Å². The van der Waals surface area contributed by atoms with Crippen LogP contribution >= 0.6 is 0 Å². The number of rotatable bonds is 4. The second-order valence-corrected chi connectivity index (χ2v) is 3.76. The van der Waals surface area contributed by atoms with Gasteiger partial charge in [-0.2, -0.15) is 13.2 Å². The first-order valence-electron chi connectivity index (χ1n) is 5.11. The van der Waals surface area contributed by atoms with Crippen LogP contribution in [0.25, 0.3) is 0 Å². The Morgan fingerprint density at radius 1 is 1.17 bits per heavy atom. The van der Waals surface area contributed by atoms with E-state index in [9.17, 15) is 27.8 Å². The SMILES string of the molecule is OCCC(O)C(O)c1ccc(F)c(C(F)(F)F)c1. The van der Waals surface area contributed by atoms with E-state index in [1.54, 1.807) is 0 Å². The molecule has 102 valence electrons. The van der Waals surface area contributed by atoms with Crippen molar-refractivity contribution < 1.29 is 32.9 Å². The lowest BCUT2D eigenvalue weighted by Crippen LogP contribution is -2.20. The molecule has 1 aromatic carbocycles. The molecule has 0 aliphatic carbocycles. The van der Waals surface area contributed by atoms with Crippen LogP contribution in [0.15, 0.2) is 18.2 Å². The number of alkyl halides is 3. The molecular weight excluding hydrogens is 256 g/mol. The third kappa shape index (κ3) is 3.41. The van der Waals surface area contributed by atoms with Crippen LogP contribution in [0, 0.1) is 5.82 Å². The van der Waals surface area contributed by atoms with Crippen LogP contribution in [-0.2, 0) is 6.18 Å². The van der Waals surface area contributed by atoms with Gasteiger partial charge in [0, 0.05) is 6.61 Å². The minimum atomic E-state index is -4.87. The Balaban J connectivity index is 3.05. The number of benzene rings is 1. The van der Waals surface area contributed by atoms with Gasteiger partial charge in [-0.05, 0) is 24.1 Å². The van der Waals surface area contributed by atoms with Crippen LogP contribution in [-0.4, -0.2) is 28.0 Å². The molecule has 0 saturated carbocycles. The Morgan fingerprint density at radius 3 is 2.28 bits per heavy atom. The zero-order valence-electron chi connectivity index (χ0n) is 9.15. The lowest BCUT2D eigenvalue weighted by atomic mass is 10.00. The molecule has 2 atom stereocenters.